The van der Waals surface area contributed by atoms with Crippen molar-refractivity contribution in [1.82, 2.24) is 5.32 Å². The van der Waals surface area contributed by atoms with Crippen LogP contribution in [0.2, 0.25) is 0 Å². The molecule has 0 amide bonds. The van der Waals surface area contributed by atoms with Crippen molar-refractivity contribution in [3.05, 3.63) is 34.3 Å². The molecule has 0 radical (unpaired) electrons. The van der Waals surface area contributed by atoms with Crippen LogP contribution in [0.25, 0.3) is 0 Å². The average Bonchev–Trinajstić information content (AvgIpc) is 2.27. The van der Waals surface area contributed by atoms with E-state index in [1.807, 2.05) is 25.2 Å². The van der Waals surface area contributed by atoms with Crippen molar-refractivity contribution in [3.63, 3.8) is 0 Å². The average molecular weight is 334 g/mol. The molecule has 1 N–H and O–H groups in total. The van der Waals surface area contributed by atoms with Gasteiger partial charge in [0.2, 0.25) is 0 Å². The van der Waals surface area contributed by atoms with Crippen molar-refractivity contribution in [3.8, 4) is 0 Å². The Balaban J connectivity index is 2.69. The Morgan fingerprint density at radius 1 is 1.33 bits per heavy atom. The van der Waals surface area contributed by atoms with Gasteiger partial charge in [-0.05, 0) is 37.4 Å². The van der Waals surface area contributed by atoms with Crippen LogP contribution in [0.4, 0.5) is 0 Å². The minimum absolute atomic E-state index is 0.262. The lowest BCUT2D eigenvalue weighted by atomic mass is 9.94. The van der Waals surface area contributed by atoms with Gasteiger partial charge in [0, 0.05) is 23.0 Å². The van der Waals surface area contributed by atoms with Gasteiger partial charge in [0.05, 0.1) is 0 Å². The Morgan fingerprint density at radius 3 is 2.56 bits per heavy atom. The topological polar surface area (TPSA) is 46.2 Å². The normalized spacial score (nSPS) is 13.5. The molecule has 3 nitrogen and oxygen atoms in total. The van der Waals surface area contributed by atoms with Gasteiger partial charge in [-0.15, -0.1) is 0 Å². The SMILES string of the molecule is CNCC(CCCS(C)(=O)=O)c1ccccc1Br. The van der Waals surface area contributed by atoms with Crippen molar-refractivity contribution in [2.24, 2.45) is 0 Å². The van der Waals surface area contributed by atoms with Crippen molar-refractivity contribution >= 4 is 25.8 Å². The fraction of sp³-hybridized carbons (Fsp3) is 0.538. The van der Waals surface area contributed by atoms with Crippen LogP contribution in [0.3, 0.4) is 0 Å². The maximum atomic E-state index is 11.1. The first-order chi connectivity index (χ1) is 8.44. The van der Waals surface area contributed by atoms with Crippen molar-refractivity contribution in [2.45, 2.75) is 18.8 Å². The molecule has 0 aliphatic carbocycles. The lowest BCUT2D eigenvalue weighted by Gasteiger charge is -2.18. The minimum atomic E-state index is -2.86. The predicted molar refractivity (Wildman–Crippen MR) is 79.8 cm³/mol. The molecule has 0 saturated carbocycles. The number of hydrogen-bond donors (Lipinski definition) is 1. The molecule has 0 heterocycles. The van der Waals surface area contributed by atoms with E-state index in [0.29, 0.717) is 12.3 Å². The van der Waals surface area contributed by atoms with Gasteiger partial charge in [0.25, 0.3) is 0 Å². The van der Waals surface area contributed by atoms with Crippen molar-refractivity contribution < 1.29 is 8.42 Å². The molecule has 1 aromatic rings. The Kier molecular flexibility index (Phi) is 6.32. The highest BCUT2D eigenvalue weighted by Crippen LogP contribution is 2.27. The molecule has 1 rings (SSSR count). The first-order valence-electron chi connectivity index (χ1n) is 6.01. The fourth-order valence-corrected chi connectivity index (χ4v) is 3.31. The maximum Gasteiger partial charge on any atom is 0.147 e. The summed E-state index contributed by atoms with van der Waals surface area (Å²) in [6.07, 6.45) is 2.86. The van der Waals surface area contributed by atoms with E-state index in [2.05, 4.69) is 27.3 Å². The molecule has 1 unspecified atom stereocenters. The van der Waals surface area contributed by atoms with Crippen LogP contribution in [0.1, 0.15) is 24.3 Å². The van der Waals surface area contributed by atoms with E-state index in [4.69, 9.17) is 0 Å². The van der Waals surface area contributed by atoms with Crippen LogP contribution < -0.4 is 5.32 Å². The van der Waals surface area contributed by atoms with E-state index >= 15 is 0 Å². The first kappa shape index (κ1) is 15.7. The highest BCUT2D eigenvalue weighted by Gasteiger charge is 2.14. The molecule has 5 heteroatoms. The van der Waals surface area contributed by atoms with Gasteiger partial charge >= 0.3 is 0 Å². The monoisotopic (exact) mass is 333 g/mol. The van der Waals surface area contributed by atoms with Gasteiger partial charge in [0.15, 0.2) is 0 Å². The predicted octanol–water partition coefficient (Wildman–Crippen LogP) is 2.58. The number of sulfone groups is 1. The second kappa shape index (κ2) is 7.26. The number of halogens is 1. The molecule has 102 valence electrons. The van der Waals surface area contributed by atoms with E-state index < -0.39 is 9.84 Å². The lowest BCUT2D eigenvalue weighted by molar-refractivity contribution is 0.563. The van der Waals surface area contributed by atoms with Crippen LogP contribution in [0.15, 0.2) is 28.7 Å². The van der Waals surface area contributed by atoms with Crippen LogP contribution in [-0.2, 0) is 9.84 Å². The molecule has 1 aromatic carbocycles. The Morgan fingerprint density at radius 2 is 2.00 bits per heavy atom. The van der Waals surface area contributed by atoms with Crippen molar-refractivity contribution in [2.75, 3.05) is 25.6 Å². The molecular weight excluding hydrogens is 314 g/mol. The van der Waals surface area contributed by atoms with Gasteiger partial charge < -0.3 is 5.32 Å². The summed E-state index contributed by atoms with van der Waals surface area (Å²) in [6.45, 7) is 0.854. The first-order valence-corrected chi connectivity index (χ1v) is 8.86. The summed E-state index contributed by atoms with van der Waals surface area (Å²) in [5.41, 5.74) is 1.24. The van der Waals surface area contributed by atoms with Gasteiger partial charge in [-0.2, -0.15) is 0 Å². The molecule has 0 saturated heterocycles. The summed E-state index contributed by atoms with van der Waals surface area (Å²) < 4.78 is 23.4. The largest absolute Gasteiger partial charge is 0.319 e. The third-order valence-corrected chi connectivity index (χ3v) is 4.62. The Hall–Kier alpha value is -0.390. The van der Waals surface area contributed by atoms with E-state index in [1.54, 1.807) is 0 Å². The standard InChI is InChI=1S/C13H20BrNO2S/c1-15-10-11(6-5-9-18(2,16)17)12-7-3-4-8-13(12)14/h3-4,7-8,11,15H,5-6,9-10H2,1-2H3. The number of rotatable bonds is 7. The molecule has 0 aliphatic heterocycles. The molecule has 18 heavy (non-hydrogen) atoms. The zero-order valence-corrected chi connectivity index (χ0v) is 13.2. The number of benzene rings is 1. The third-order valence-electron chi connectivity index (χ3n) is 2.86. The second-order valence-electron chi connectivity index (χ2n) is 4.55. The Bertz CT molecular complexity index is 474. The number of hydrogen-bond acceptors (Lipinski definition) is 3. The van der Waals surface area contributed by atoms with E-state index in [9.17, 15) is 8.42 Å². The second-order valence-corrected chi connectivity index (χ2v) is 7.66. The summed E-state index contributed by atoms with van der Waals surface area (Å²) >= 11 is 3.55. The van der Waals surface area contributed by atoms with Crippen LogP contribution in [0, 0.1) is 0 Å². The maximum absolute atomic E-state index is 11.1. The zero-order valence-electron chi connectivity index (χ0n) is 10.8. The third kappa shape index (κ3) is 5.50. The summed E-state index contributed by atoms with van der Waals surface area (Å²) in [4.78, 5) is 0. The fourth-order valence-electron chi connectivity index (χ4n) is 2.01. The van der Waals surface area contributed by atoms with E-state index in [0.717, 1.165) is 17.4 Å². The quantitative estimate of drug-likeness (QED) is 0.834. The van der Waals surface area contributed by atoms with Crippen molar-refractivity contribution in [1.29, 1.82) is 0 Å². The van der Waals surface area contributed by atoms with E-state index in [-0.39, 0.29) is 5.75 Å². The summed E-state index contributed by atoms with van der Waals surface area (Å²) in [6, 6.07) is 8.11. The molecule has 1 atom stereocenters. The molecular formula is C13H20BrNO2S. The summed E-state index contributed by atoms with van der Waals surface area (Å²) in [7, 11) is -0.942. The van der Waals surface area contributed by atoms with Gasteiger partial charge in [-0.3, -0.25) is 0 Å². The van der Waals surface area contributed by atoms with Gasteiger partial charge in [0.1, 0.15) is 9.84 Å². The summed E-state index contributed by atoms with van der Waals surface area (Å²) in [5.74, 6) is 0.602. The zero-order chi connectivity index (χ0) is 13.6. The van der Waals surface area contributed by atoms with Crippen LogP contribution >= 0.6 is 15.9 Å². The van der Waals surface area contributed by atoms with Crippen LogP contribution in [0.5, 0.6) is 0 Å². The minimum Gasteiger partial charge on any atom is -0.319 e. The number of nitrogens with one attached hydrogen (secondary N) is 1. The summed E-state index contributed by atoms with van der Waals surface area (Å²) in [5, 5.41) is 3.17. The van der Waals surface area contributed by atoms with Crippen LogP contribution in [-0.4, -0.2) is 34.0 Å². The number of likely N-dealkylation sites (N-methyl/N-ethyl adjacent to an activating group) is 1. The Labute approximate surface area is 118 Å². The molecule has 0 bridgehead atoms. The van der Waals surface area contributed by atoms with Gasteiger partial charge in [-0.25, -0.2) is 8.42 Å². The molecule has 0 aliphatic rings. The highest BCUT2D eigenvalue weighted by molar-refractivity contribution is 9.10. The molecule has 0 aromatic heterocycles. The molecule has 0 spiro atoms. The highest BCUT2D eigenvalue weighted by atomic mass is 79.9. The van der Waals surface area contributed by atoms with Gasteiger partial charge in [-0.1, -0.05) is 34.1 Å². The van der Waals surface area contributed by atoms with E-state index in [1.165, 1.54) is 11.8 Å². The molecule has 0 fully saturated rings. The smallest absolute Gasteiger partial charge is 0.147 e. The lowest BCUT2D eigenvalue weighted by Crippen LogP contribution is -2.18.